The molecule has 0 radical (unpaired) electrons. The smallest absolute Gasteiger partial charge is 0.410 e. The Morgan fingerprint density at radius 3 is 2.31 bits per heavy atom. The van der Waals surface area contributed by atoms with Gasteiger partial charge in [-0.2, -0.15) is 0 Å². The molecule has 1 aliphatic rings. The highest BCUT2D eigenvalue weighted by molar-refractivity contribution is 14.1. The largest absolute Gasteiger partial charge is 0.444 e. The molecule has 2 rings (SSSR count). The molecule has 0 atom stereocenters. The molecule has 0 aromatic heterocycles. The number of likely N-dealkylation sites (tertiary alicyclic amines) is 1. The molecule has 0 bridgehead atoms. The van der Waals surface area contributed by atoms with Gasteiger partial charge in [0.2, 0.25) is 0 Å². The van der Waals surface area contributed by atoms with E-state index in [0.717, 1.165) is 6.07 Å². The number of hydrogen-bond acceptors (Lipinski definition) is 3. The van der Waals surface area contributed by atoms with Crippen LogP contribution >= 0.6 is 22.6 Å². The minimum absolute atomic E-state index is 0.0490. The molecule has 1 aromatic carbocycles. The van der Waals surface area contributed by atoms with Gasteiger partial charge in [-0.25, -0.2) is 13.6 Å². The summed E-state index contributed by atoms with van der Waals surface area (Å²) in [5, 5.41) is 0. The SMILES string of the molecule is CN(C(=O)OC(C)(C)C)C1CCN(C(=O)c2cc(I)c(F)cc2F)CC1. The first kappa shape index (κ1) is 20.9. The molecule has 1 saturated heterocycles. The van der Waals surface area contributed by atoms with Crippen molar-refractivity contribution in [1.82, 2.24) is 9.80 Å². The second-order valence-electron chi connectivity index (χ2n) is 7.36. The minimum Gasteiger partial charge on any atom is -0.444 e. The summed E-state index contributed by atoms with van der Waals surface area (Å²) in [5.74, 6) is -2.00. The van der Waals surface area contributed by atoms with Gasteiger partial charge < -0.3 is 14.5 Å². The third-order valence-electron chi connectivity index (χ3n) is 4.22. The first-order chi connectivity index (χ1) is 12.0. The van der Waals surface area contributed by atoms with Gasteiger partial charge in [-0.15, -0.1) is 0 Å². The lowest BCUT2D eigenvalue weighted by Gasteiger charge is -2.37. The van der Waals surface area contributed by atoms with E-state index in [1.165, 1.54) is 11.0 Å². The van der Waals surface area contributed by atoms with Crippen LogP contribution in [0.5, 0.6) is 0 Å². The summed E-state index contributed by atoms with van der Waals surface area (Å²) in [6.45, 7) is 6.20. The van der Waals surface area contributed by atoms with Crippen LogP contribution < -0.4 is 0 Å². The molecule has 8 heteroatoms. The number of ether oxygens (including phenoxy) is 1. The second-order valence-corrected chi connectivity index (χ2v) is 8.52. The maximum absolute atomic E-state index is 13.9. The van der Waals surface area contributed by atoms with Crippen molar-refractivity contribution in [2.75, 3.05) is 20.1 Å². The lowest BCUT2D eigenvalue weighted by atomic mass is 10.0. The van der Waals surface area contributed by atoms with E-state index < -0.39 is 29.2 Å². The third kappa shape index (κ3) is 5.05. The van der Waals surface area contributed by atoms with Crippen LogP contribution in [0.2, 0.25) is 0 Å². The zero-order chi connectivity index (χ0) is 19.6. The summed E-state index contributed by atoms with van der Waals surface area (Å²) < 4.78 is 32.9. The molecule has 144 valence electrons. The van der Waals surface area contributed by atoms with Gasteiger partial charge in [-0.1, -0.05) is 0 Å². The van der Waals surface area contributed by atoms with Crippen LogP contribution in [0.1, 0.15) is 44.0 Å². The topological polar surface area (TPSA) is 49.9 Å². The first-order valence-corrected chi connectivity index (χ1v) is 9.47. The Morgan fingerprint density at radius 1 is 1.19 bits per heavy atom. The minimum atomic E-state index is -0.860. The van der Waals surface area contributed by atoms with E-state index in [-0.39, 0.29) is 15.2 Å². The Bertz CT molecular complexity index is 698. The Morgan fingerprint density at radius 2 is 1.77 bits per heavy atom. The number of piperidine rings is 1. The molecule has 0 spiro atoms. The number of carbonyl (C=O) groups is 2. The number of rotatable bonds is 2. The van der Waals surface area contributed by atoms with Crippen LogP contribution in [-0.2, 0) is 4.74 Å². The molecule has 2 amide bonds. The highest BCUT2D eigenvalue weighted by Gasteiger charge is 2.31. The molecule has 0 saturated carbocycles. The number of amides is 2. The lowest BCUT2D eigenvalue weighted by Crippen LogP contribution is -2.48. The van der Waals surface area contributed by atoms with E-state index in [1.54, 1.807) is 55.3 Å². The Kier molecular flexibility index (Phi) is 6.46. The predicted molar refractivity (Wildman–Crippen MR) is 102 cm³/mol. The first-order valence-electron chi connectivity index (χ1n) is 8.39. The maximum atomic E-state index is 13.9. The molecule has 5 nitrogen and oxygen atoms in total. The van der Waals surface area contributed by atoms with E-state index >= 15 is 0 Å². The highest BCUT2D eigenvalue weighted by Crippen LogP contribution is 2.22. The van der Waals surface area contributed by atoms with Crippen LogP contribution in [-0.4, -0.2) is 53.6 Å². The summed E-state index contributed by atoms with van der Waals surface area (Å²) >= 11 is 1.73. The molecule has 0 aliphatic carbocycles. The molecule has 0 N–H and O–H groups in total. The third-order valence-corrected chi connectivity index (χ3v) is 5.05. The summed E-state index contributed by atoms with van der Waals surface area (Å²) in [5.41, 5.74) is -0.700. The van der Waals surface area contributed by atoms with Crippen molar-refractivity contribution in [3.63, 3.8) is 0 Å². The van der Waals surface area contributed by atoms with Gasteiger partial charge in [0.05, 0.1) is 5.56 Å². The van der Waals surface area contributed by atoms with Crippen LogP contribution in [0.3, 0.4) is 0 Å². The zero-order valence-corrected chi connectivity index (χ0v) is 17.5. The average molecular weight is 480 g/mol. The van der Waals surface area contributed by atoms with Crippen molar-refractivity contribution in [3.05, 3.63) is 32.9 Å². The normalized spacial score (nSPS) is 15.7. The summed E-state index contributed by atoms with van der Waals surface area (Å²) in [6.07, 6.45) is 0.740. The number of benzene rings is 1. The van der Waals surface area contributed by atoms with Crippen molar-refractivity contribution >= 4 is 34.6 Å². The predicted octanol–water partition coefficient (Wildman–Crippen LogP) is 4.04. The van der Waals surface area contributed by atoms with Crippen molar-refractivity contribution in [2.45, 2.75) is 45.3 Å². The zero-order valence-electron chi connectivity index (χ0n) is 15.3. The quantitative estimate of drug-likeness (QED) is 0.475. The van der Waals surface area contributed by atoms with Gasteiger partial charge in [-0.05, 0) is 62.3 Å². The van der Waals surface area contributed by atoms with E-state index in [4.69, 9.17) is 4.74 Å². The standard InChI is InChI=1S/C18H23F2IN2O3/c1-18(2,3)26-17(25)22(4)11-5-7-23(8-6-11)16(24)12-9-15(21)14(20)10-13(12)19/h9-11H,5-8H2,1-4H3. The number of halogens is 3. The summed E-state index contributed by atoms with van der Waals surface area (Å²) in [7, 11) is 1.68. The van der Waals surface area contributed by atoms with E-state index in [0.29, 0.717) is 25.9 Å². The van der Waals surface area contributed by atoms with Crippen LogP contribution in [0.4, 0.5) is 13.6 Å². The molecule has 1 aliphatic heterocycles. The fourth-order valence-corrected chi connectivity index (χ4v) is 3.26. The Balaban J connectivity index is 1.99. The van der Waals surface area contributed by atoms with E-state index in [2.05, 4.69) is 0 Å². The number of carbonyl (C=O) groups excluding carboxylic acids is 2. The summed E-state index contributed by atoms with van der Waals surface area (Å²) in [6, 6.07) is 1.91. The van der Waals surface area contributed by atoms with E-state index in [9.17, 15) is 18.4 Å². The maximum Gasteiger partial charge on any atom is 0.410 e. The second kappa shape index (κ2) is 8.06. The van der Waals surface area contributed by atoms with Gasteiger partial charge in [0.25, 0.3) is 5.91 Å². The Hall–Kier alpha value is -1.45. The van der Waals surface area contributed by atoms with Crippen LogP contribution in [0.15, 0.2) is 12.1 Å². The van der Waals surface area contributed by atoms with Gasteiger partial charge >= 0.3 is 6.09 Å². The fourth-order valence-electron chi connectivity index (χ4n) is 2.80. The molecule has 1 aromatic rings. The van der Waals surface area contributed by atoms with Gasteiger partial charge in [0.15, 0.2) is 0 Å². The monoisotopic (exact) mass is 480 g/mol. The van der Waals surface area contributed by atoms with Gasteiger partial charge in [0.1, 0.15) is 17.2 Å². The van der Waals surface area contributed by atoms with Crippen molar-refractivity contribution in [2.24, 2.45) is 0 Å². The number of nitrogens with zero attached hydrogens (tertiary/aromatic N) is 2. The molecule has 1 fully saturated rings. The van der Waals surface area contributed by atoms with Gasteiger partial charge in [-0.3, -0.25) is 4.79 Å². The molecular weight excluding hydrogens is 457 g/mol. The van der Waals surface area contributed by atoms with Gasteiger partial charge in [0, 0.05) is 35.8 Å². The molecule has 1 heterocycles. The van der Waals surface area contributed by atoms with E-state index in [1.807, 2.05) is 0 Å². The number of hydrogen-bond donors (Lipinski definition) is 0. The van der Waals surface area contributed by atoms with Crippen LogP contribution in [0, 0.1) is 15.2 Å². The average Bonchev–Trinajstić information content (AvgIpc) is 2.55. The summed E-state index contributed by atoms with van der Waals surface area (Å²) in [4.78, 5) is 27.8. The Labute approximate surface area is 165 Å². The van der Waals surface area contributed by atoms with Crippen molar-refractivity contribution in [3.8, 4) is 0 Å². The fraction of sp³-hybridized carbons (Fsp3) is 0.556. The van der Waals surface area contributed by atoms with Crippen molar-refractivity contribution < 1.29 is 23.1 Å². The lowest BCUT2D eigenvalue weighted by molar-refractivity contribution is 0.0155. The van der Waals surface area contributed by atoms with Crippen LogP contribution in [0.25, 0.3) is 0 Å². The molecule has 0 unspecified atom stereocenters. The van der Waals surface area contributed by atoms with Crippen molar-refractivity contribution in [1.29, 1.82) is 0 Å². The highest BCUT2D eigenvalue weighted by atomic mass is 127. The molecule has 26 heavy (non-hydrogen) atoms. The molecular formula is C18H23F2IN2O3.